The Bertz CT molecular complexity index is 1030. The lowest BCUT2D eigenvalue weighted by Gasteiger charge is -2.14. The van der Waals surface area contributed by atoms with Crippen molar-refractivity contribution < 1.29 is 29.9 Å². The fraction of sp³-hybridized carbons (Fsp3) is 0.250. The average molecular weight is 412 g/mol. The summed E-state index contributed by atoms with van der Waals surface area (Å²) in [5.74, 6) is 1.15. The third kappa shape index (κ3) is 5.15. The zero-order valence-corrected chi connectivity index (χ0v) is 17.9. The van der Waals surface area contributed by atoms with Crippen LogP contribution in [0, 0.1) is 20.8 Å². The number of rotatable bonds is 4. The molecule has 6 nitrogen and oxygen atoms in total. The number of phenolic OH excluding ortho intramolecular Hbond substituents is 2. The van der Waals surface area contributed by atoms with Crippen LogP contribution in [-0.4, -0.2) is 34.6 Å². The molecule has 0 saturated heterocycles. The molecule has 3 aromatic carbocycles. The highest BCUT2D eigenvalue weighted by molar-refractivity contribution is 5.77. The van der Waals surface area contributed by atoms with E-state index in [9.17, 15) is 15.3 Å². The first-order valence-electron chi connectivity index (χ1n) is 9.36. The van der Waals surface area contributed by atoms with Crippen LogP contribution >= 0.6 is 0 Å². The number of aliphatic hydroxyl groups is 1. The van der Waals surface area contributed by atoms with Gasteiger partial charge < -0.3 is 29.9 Å². The second-order valence-electron chi connectivity index (χ2n) is 6.99. The molecule has 0 saturated carbocycles. The van der Waals surface area contributed by atoms with Crippen molar-refractivity contribution in [2.45, 2.75) is 27.4 Å². The van der Waals surface area contributed by atoms with Crippen LogP contribution in [-0.2, 0) is 6.61 Å². The monoisotopic (exact) mass is 412 g/mol. The fourth-order valence-corrected chi connectivity index (χ4v) is 3.09. The minimum atomic E-state index is -0.234. The van der Waals surface area contributed by atoms with Crippen LogP contribution in [0.2, 0.25) is 0 Å². The molecule has 160 valence electrons. The first kappa shape index (κ1) is 22.9. The van der Waals surface area contributed by atoms with Gasteiger partial charge in [0.25, 0.3) is 0 Å². The molecule has 6 heteroatoms. The van der Waals surface area contributed by atoms with Gasteiger partial charge in [0.2, 0.25) is 0 Å². The van der Waals surface area contributed by atoms with Crippen molar-refractivity contribution in [1.82, 2.24) is 0 Å². The molecule has 0 amide bonds. The second kappa shape index (κ2) is 9.89. The molecule has 4 N–H and O–H groups in total. The molecule has 0 radical (unpaired) electrons. The van der Waals surface area contributed by atoms with Crippen LogP contribution in [0.15, 0.2) is 42.5 Å². The smallest absolute Gasteiger partial charge is 0.160 e. The highest BCUT2D eigenvalue weighted by Gasteiger charge is 2.15. The van der Waals surface area contributed by atoms with E-state index in [0.717, 1.165) is 16.7 Å². The van der Waals surface area contributed by atoms with Crippen molar-refractivity contribution in [3.8, 4) is 39.9 Å². The molecule has 0 spiro atoms. The van der Waals surface area contributed by atoms with E-state index >= 15 is 0 Å². The molecule has 3 rings (SSSR count). The Labute approximate surface area is 176 Å². The summed E-state index contributed by atoms with van der Waals surface area (Å²) in [5, 5.41) is 38.5. The van der Waals surface area contributed by atoms with Gasteiger partial charge in [0.1, 0.15) is 5.75 Å². The molecule has 0 heterocycles. The molecule has 0 atom stereocenters. The van der Waals surface area contributed by atoms with Gasteiger partial charge in [0.15, 0.2) is 23.0 Å². The fourth-order valence-electron chi connectivity index (χ4n) is 3.09. The summed E-state index contributed by atoms with van der Waals surface area (Å²) in [6.07, 6.45) is 0. The third-order valence-electron chi connectivity index (χ3n) is 4.65. The first-order chi connectivity index (χ1) is 14.2. The Morgan fingerprint density at radius 3 is 1.90 bits per heavy atom. The summed E-state index contributed by atoms with van der Waals surface area (Å²) < 4.78 is 9.94. The number of hydrogen-bond acceptors (Lipinski definition) is 6. The molecule has 0 unspecified atom stereocenters. The second-order valence-corrected chi connectivity index (χ2v) is 6.99. The van der Waals surface area contributed by atoms with Gasteiger partial charge in [-0.1, -0.05) is 12.1 Å². The number of aliphatic hydroxyl groups excluding tert-OH is 1. The average Bonchev–Trinajstić information content (AvgIpc) is 2.73. The van der Waals surface area contributed by atoms with E-state index in [1.54, 1.807) is 30.3 Å². The molecule has 30 heavy (non-hydrogen) atoms. The van der Waals surface area contributed by atoms with E-state index in [0.29, 0.717) is 28.2 Å². The minimum absolute atomic E-state index is 0.0135. The van der Waals surface area contributed by atoms with Crippen LogP contribution in [0.3, 0.4) is 0 Å². The predicted octanol–water partition coefficient (Wildman–Crippen LogP) is 4.59. The zero-order chi connectivity index (χ0) is 22.4. The van der Waals surface area contributed by atoms with Crippen LogP contribution in [0.1, 0.15) is 22.3 Å². The lowest BCUT2D eigenvalue weighted by atomic mass is 9.95. The van der Waals surface area contributed by atoms with E-state index in [1.807, 2.05) is 32.9 Å². The Hall–Kier alpha value is -3.38. The molecule has 0 fully saturated rings. The maximum absolute atomic E-state index is 10.2. The molecule has 0 aromatic heterocycles. The maximum atomic E-state index is 10.2. The number of phenols is 3. The topological polar surface area (TPSA) is 99.4 Å². The number of ether oxygens (including phenoxy) is 2. The van der Waals surface area contributed by atoms with Gasteiger partial charge in [-0.3, -0.25) is 0 Å². The molecule has 0 aliphatic heterocycles. The number of aryl methyl sites for hydroxylation is 3. The molecular weight excluding hydrogens is 384 g/mol. The van der Waals surface area contributed by atoms with Gasteiger partial charge in [0.05, 0.1) is 20.8 Å². The van der Waals surface area contributed by atoms with E-state index in [1.165, 1.54) is 14.2 Å². The summed E-state index contributed by atoms with van der Waals surface area (Å²) in [6, 6.07) is 12.1. The van der Waals surface area contributed by atoms with Crippen molar-refractivity contribution in [2.24, 2.45) is 0 Å². The standard InChI is InChI=1S/C16H18O4.C8H10O2/c1-9-4-11(8-17)16(19)13(5-9)12-7-14(18)15(20-3)6-10(12)2;1-6-3-4-7(9)8(5-6)10-2/h4-7,17-19H,8H2,1-3H3;3-5,9H,1-2H3. The van der Waals surface area contributed by atoms with Gasteiger partial charge in [0, 0.05) is 11.1 Å². The van der Waals surface area contributed by atoms with Gasteiger partial charge in [-0.25, -0.2) is 0 Å². The molecule has 0 aliphatic carbocycles. The third-order valence-corrected chi connectivity index (χ3v) is 4.65. The number of hydrogen-bond donors (Lipinski definition) is 4. The van der Waals surface area contributed by atoms with Gasteiger partial charge in [-0.2, -0.15) is 0 Å². The lowest BCUT2D eigenvalue weighted by molar-refractivity contribution is 0.275. The zero-order valence-electron chi connectivity index (χ0n) is 17.9. The highest BCUT2D eigenvalue weighted by Crippen LogP contribution is 2.40. The van der Waals surface area contributed by atoms with Crippen LogP contribution < -0.4 is 9.47 Å². The van der Waals surface area contributed by atoms with Crippen molar-refractivity contribution in [2.75, 3.05) is 14.2 Å². The number of methoxy groups -OCH3 is 2. The summed E-state index contributed by atoms with van der Waals surface area (Å²) in [4.78, 5) is 0. The minimum Gasteiger partial charge on any atom is -0.507 e. The Morgan fingerprint density at radius 2 is 1.33 bits per heavy atom. The van der Waals surface area contributed by atoms with Crippen LogP contribution in [0.5, 0.6) is 28.7 Å². The summed E-state index contributed by atoms with van der Waals surface area (Å²) >= 11 is 0. The van der Waals surface area contributed by atoms with E-state index in [4.69, 9.17) is 14.6 Å². The highest BCUT2D eigenvalue weighted by atomic mass is 16.5. The SMILES string of the molecule is COc1cc(C)c(-c2cc(C)cc(CO)c2O)cc1O.COc1cc(C)ccc1O. The quantitative estimate of drug-likeness (QED) is 0.500. The first-order valence-corrected chi connectivity index (χ1v) is 9.36. The number of benzene rings is 3. The summed E-state index contributed by atoms with van der Waals surface area (Å²) in [7, 11) is 3.02. The van der Waals surface area contributed by atoms with Crippen LogP contribution in [0.25, 0.3) is 11.1 Å². The summed E-state index contributed by atoms with van der Waals surface area (Å²) in [6.45, 7) is 5.47. The molecule has 0 bridgehead atoms. The van der Waals surface area contributed by atoms with Crippen molar-refractivity contribution in [3.05, 3.63) is 64.7 Å². The van der Waals surface area contributed by atoms with Crippen molar-refractivity contribution in [3.63, 3.8) is 0 Å². The Kier molecular flexibility index (Phi) is 7.55. The maximum Gasteiger partial charge on any atom is 0.160 e. The largest absolute Gasteiger partial charge is 0.507 e. The Balaban J connectivity index is 0.000000269. The Morgan fingerprint density at radius 1 is 0.700 bits per heavy atom. The van der Waals surface area contributed by atoms with E-state index in [2.05, 4.69) is 0 Å². The van der Waals surface area contributed by atoms with Crippen molar-refractivity contribution >= 4 is 0 Å². The molecular formula is C24H28O6. The predicted molar refractivity (Wildman–Crippen MR) is 117 cm³/mol. The van der Waals surface area contributed by atoms with E-state index < -0.39 is 0 Å². The lowest BCUT2D eigenvalue weighted by Crippen LogP contribution is -1.93. The molecule has 0 aliphatic rings. The van der Waals surface area contributed by atoms with Gasteiger partial charge >= 0.3 is 0 Å². The van der Waals surface area contributed by atoms with Gasteiger partial charge in [-0.15, -0.1) is 0 Å². The summed E-state index contributed by atoms with van der Waals surface area (Å²) in [5.41, 5.74) is 4.63. The number of aromatic hydroxyl groups is 3. The van der Waals surface area contributed by atoms with E-state index in [-0.39, 0.29) is 23.9 Å². The molecule has 3 aromatic rings. The normalized spacial score (nSPS) is 10.2. The van der Waals surface area contributed by atoms with Gasteiger partial charge in [-0.05, 0) is 73.4 Å². The van der Waals surface area contributed by atoms with Crippen molar-refractivity contribution in [1.29, 1.82) is 0 Å². The van der Waals surface area contributed by atoms with Crippen LogP contribution in [0.4, 0.5) is 0 Å².